The summed E-state index contributed by atoms with van der Waals surface area (Å²) in [6.45, 7) is 0. The van der Waals surface area contributed by atoms with E-state index in [4.69, 9.17) is 0 Å². The van der Waals surface area contributed by atoms with Crippen molar-refractivity contribution in [2.75, 3.05) is 5.32 Å². The van der Waals surface area contributed by atoms with Gasteiger partial charge in [0.05, 0.1) is 11.3 Å². The van der Waals surface area contributed by atoms with Crippen molar-refractivity contribution in [1.82, 2.24) is 15.0 Å². The van der Waals surface area contributed by atoms with Gasteiger partial charge < -0.3 is 10.3 Å². The van der Waals surface area contributed by atoms with Crippen LogP contribution >= 0.6 is 0 Å². The molecule has 0 saturated carbocycles. The van der Waals surface area contributed by atoms with E-state index < -0.39 is 11.7 Å². The van der Waals surface area contributed by atoms with Crippen molar-refractivity contribution in [3.8, 4) is 11.3 Å². The fraction of sp³-hybridized carbons (Fsp3) is 0.0526. The monoisotopic (exact) mass is 354 g/mol. The summed E-state index contributed by atoms with van der Waals surface area (Å²) in [6.07, 6.45) is -1.11. The highest BCUT2D eigenvalue weighted by Crippen LogP contribution is 2.31. The topological polar surface area (TPSA) is 53.6 Å². The number of H-pyrrole nitrogens is 1. The Hall–Kier alpha value is -3.35. The van der Waals surface area contributed by atoms with Crippen LogP contribution in [0.4, 0.5) is 24.7 Å². The lowest BCUT2D eigenvalue weighted by Crippen LogP contribution is -2.04. The zero-order valence-electron chi connectivity index (χ0n) is 13.4. The minimum absolute atomic E-state index is 0.539. The van der Waals surface area contributed by atoms with Crippen LogP contribution in [-0.2, 0) is 6.18 Å². The Bertz CT molecular complexity index is 1050. The predicted octanol–water partition coefficient (Wildman–Crippen LogP) is 5.39. The second-order valence-corrected chi connectivity index (χ2v) is 5.77. The summed E-state index contributed by atoms with van der Waals surface area (Å²) in [7, 11) is 0. The van der Waals surface area contributed by atoms with Crippen LogP contribution in [-0.4, -0.2) is 15.0 Å². The quantitative estimate of drug-likeness (QED) is 0.519. The molecule has 2 aromatic carbocycles. The number of hydrogen-bond acceptors (Lipinski definition) is 3. The molecule has 0 aliphatic carbocycles. The number of nitrogens with zero attached hydrogens (tertiary/aromatic N) is 2. The number of alkyl halides is 3. The van der Waals surface area contributed by atoms with Gasteiger partial charge in [-0.1, -0.05) is 18.2 Å². The minimum Gasteiger partial charge on any atom is -0.361 e. The van der Waals surface area contributed by atoms with Gasteiger partial charge in [-0.25, -0.2) is 9.97 Å². The van der Waals surface area contributed by atoms with Crippen LogP contribution in [0, 0.1) is 0 Å². The van der Waals surface area contributed by atoms with E-state index >= 15 is 0 Å². The van der Waals surface area contributed by atoms with Gasteiger partial charge >= 0.3 is 6.18 Å². The van der Waals surface area contributed by atoms with Gasteiger partial charge in [0.1, 0.15) is 12.1 Å². The molecule has 0 radical (unpaired) electrons. The summed E-state index contributed by atoms with van der Waals surface area (Å²) in [5, 5.41) is 4.28. The molecule has 26 heavy (non-hydrogen) atoms. The van der Waals surface area contributed by atoms with Crippen molar-refractivity contribution < 1.29 is 13.2 Å². The molecule has 0 amide bonds. The normalized spacial score (nSPS) is 11.7. The molecule has 0 aliphatic rings. The summed E-state index contributed by atoms with van der Waals surface area (Å²) >= 11 is 0. The van der Waals surface area contributed by atoms with E-state index in [-0.39, 0.29) is 0 Å². The molecular formula is C19H13F3N4. The third-order valence-corrected chi connectivity index (χ3v) is 4.00. The molecule has 2 aromatic heterocycles. The third kappa shape index (κ3) is 3.23. The zero-order chi connectivity index (χ0) is 18.1. The Balaban J connectivity index is 1.60. The number of fused-ring (bicyclic) bond motifs is 1. The Morgan fingerprint density at radius 1 is 0.885 bits per heavy atom. The van der Waals surface area contributed by atoms with Gasteiger partial charge in [0, 0.05) is 29.0 Å². The van der Waals surface area contributed by atoms with Gasteiger partial charge in [-0.2, -0.15) is 13.2 Å². The molecule has 0 aliphatic heterocycles. The number of benzene rings is 2. The number of rotatable bonds is 3. The molecule has 0 bridgehead atoms. The van der Waals surface area contributed by atoms with Crippen LogP contribution in [0.3, 0.4) is 0 Å². The number of aromatic nitrogens is 3. The molecule has 7 heteroatoms. The molecule has 4 nitrogen and oxygen atoms in total. The lowest BCUT2D eigenvalue weighted by Gasteiger charge is -2.09. The Kier molecular flexibility index (Phi) is 3.84. The van der Waals surface area contributed by atoms with Crippen molar-refractivity contribution in [2.24, 2.45) is 0 Å². The molecule has 0 spiro atoms. The van der Waals surface area contributed by atoms with Crippen molar-refractivity contribution in [1.29, 1.82) is 0 Å². The number of anilines is 2. The Morgan fingerprint density at radius 2 is 1.69 bits per heavy atom. The summed E-state index contributed by atoms with van der Waals surface area (Å²) in [5.74, 6) is 0.556. The average molecular weight is 354 g/mol. The molecule has 2 heterocycles. The van der Waals surface area contributed by atoms with Crippen molar-refractivity contribution in [2.45, 2.75) is 6.18 Å². The van der Waals surface area contributed by atoms with E-state index in [1.54, 1.807) is 6.07 Å². The molecule has 2 N–H and O–H groups in total. The number of hydrogen-bond donors (Lipinski definition) is 2. The van der Waals surface area contributed by atoms with Crippen molar-refractivity contribution >= 4 is 22.4 Å². The van der Waals surface area contributed by atoms with Gasteiger partial charge in [-0.15, -0.1) is 0 Å². The first-order valence-electron chi connectivity index (χ1n) is 7.83. The number of aromatic amines is 1. The van der Waals surface area contributed by atoms with Crippen LogP contribution in [0.2, 0.25) is 0 Å². The van der Waals surface area contributed by atoms with E-state index in [9.17, 15) is 13.2 Å². The van der Waals surface area contributed by atoms with Crippen LogP contribution in [0.5, 0.6) is 0 Å². The standard InChI is InChI=1S/C19H13F3N4/c20-19(21,22)14-4-1-12(2-5-14)17-10-18(25-11-24-17)26-15-6-3-13-7-8-23-16(13)9-15/h1-11,23H,(H,24,25,26). The fourth-order valence-electron chi connectivity index (χ4n) is 2.69. The highest BCUT2D eigenvalue weighted by molar-refractivity contribution is 5.83. The van der Waals surface area contributed by atoms with Gasteiger partial charge in [0.15, 0.2) is 0 Å². The van der Waals surface area contributed by atoms with E-state index in [2.05, 4.69) is 20.3 Å². The van der Waals surface area contributed by atoms with Crippen LogP contribution in [0.25, 0.3) is 22.2 Å². The van der Waals surface area contributed by atoms with Crippen LogP contribution in [0.1, 0.15) is 5.56 Å². The molecule has 0 unspecified atom stereocenters. The van der Waals surface area contributed by atoms with Crippen molar-refractivity contribution in [3.63, 3.8) is 0 Å². The largest absolute Gasteiger partial charge is 0.416 e. The van der Waals surface area contributed by atoms with Crippen molar-refractivity contribution in [3.05, 3.63) is 72.7 Å². The molecule has 4 rings (SSSR count). The summed E-state index contributed by atoms with van der Waals surface area (Å²) in [4.78, 5) is 11.5. The highest BCUT2D eigenvalue weighted by atomic mass is 19.4. The van der Waals surface area contributed by atoms with Gasteiger partial charge in [-0.3, -0.25) is 0 Å². The van der Waals surface area contributed by atoms with E-state index in [1.807, 2.05) is 30.5 Å². The molecule has 4 aromatic rings. The third-order valence-electron chi connectivity index (χ3n) is 4.00. The summed E-state index contributed by atoms with van der Waals surface area (Å²) in [6, 6.07) is 14.4. The second-order valence-electron chi connectivity index (χ2n) is 5.77. The van der Waals surface area contributed by atoms with Gasteiger partial charge in [0.2, 0.25) is 0 Å². The number of halogens is 3. The minimum atomic E-state index is -4.35. The zero-order valence-corrected chi connectivity index (χ0v) is 13.4. The first kappa shape index (κ1) is 16.1. The Labute approximate surface area is 146 Å². The second kappa shape index (κ2) is 6.18. The highest BCUT2D eigenvalue weighted by Gasteiger charge is 2.30. The van der Waals surface area contributed by atoms with E-state index in [0.29, 0.717) is 17.1 Å². The van der Waals surface area contributed by atoms with Crippen LogP contribution in [0.15, 0.2) is 67.1 Å². The molecule has 0 atom stereocenters. The molecular weight excluding hydrogens is 341 g/mol. The number of nitrogens with one attached hydrogen (secondary N) is 2. The fourth-order valence-corrected chi connectivity index (χ4v) is 2.69. The average Bonchev–Trinajstić information content (AvgIpc) is 3.09. The van der Waals surface area contributed by atoms with E-state index in [0.717, 1.165) is 28.7 Å². The maximum atomic E-state index is 12.7. The smallest absolute Gasteiger partial charge is 0.361 e. The summed E-state index contributed by atoms with van der Waals surface area (Å²) < 4.78 is 38.0. The van der Waals surface area contributed by atoms with E-state index in [1.165, 1.54) is 18.5 Å². The lowest BCUT2D eigenvalue weighted by molar-refractivity contribution is -0.137. The van der Waals surface area contributed by atoms with Gasteiger partial charge in [-0.05, 0) is 35.7 Å². The Morgan fingerprint density at radius 3 is 2.46 bits per heavy atom. The maximum Gasteiger partial charge on any atom is 0.416 e. The summed E-state index contributed by atoms with van der Waals surface area (Å²) in [5.41, 5.74) is 2.28. The maximum absolute atomic E-state index is 12.7. The molecule has 0 saturated heterocycles. The molecule has 130 valence electrons. The first-order chi connectivity index (χ1) is 12.5. The predicted molar refractivity (Wildman–Crippen MR) is 94.1 cm³/mol. The SMILES string of the molecule is FC(F)(F)c1ccc(-c2cc(Nc3ccc4cc[nH]c4c3)ncn2)cc1. The van der Waals surface area contributed by atoms with Gasteiger partial charge in [0.25, 0.3) is 0 Å². The van der Waals surface area contributed by atoms with Crippen LogP contribution < -0.4 is 5.32 Å². The molecule has 0 fully saturated rings. The lowest BCUT2D eigenvalue weighted by atomic mass is 10.1. The first-order valence-corrected chi connectivity index (χ1v) is 7.83.